The lowest BCUT2D eigenvalue weighted by Gasteiger charge is -2.30. The monoisotopic (exact) mass is 203 g/mol. The summed E-state index contributed by atoms with van der Waals surface area (Å²) in [5.41, 5.74) is 3.96. The Labute approximate surface area is 90.3 Å². The quantitative estimate of drug-likeness (QED) is 0.678. The molecule has 1 aliphatic carbocycles. The predicted molar refractivity (Wildman–Crippen MR) is 61.2 cm³/mol. The van der Waals surface area contributed by atoms with E-state index in [1.54, 1.807) is 0 Å². The van der Waals surface area contributed by atoms with E-state index >= 15 is 0 Å². The summed E-state index contributed by atoms with van der Waals surface area (Å²) in [5, 5.41) is 13.4. The van der Waals surface area contributed by atoms with E-state index in [1.807, 2.05) is 0 Å². The van der Waals surface area contributed by atoms with Crippen LogP contribution in [-0.4, -0.2) is 17.3 Å². The second-order valence-corrected chi connectivity index (χ2v) is 4.87. The van der Waals surface area contributed by atoms with E-state index in [4.69, 9.17) is 0 Å². The van der Waals surface area contributed by atoms with Crippen LogP contribution in [0, 0.1) is 6.92 Å². The van der Waals surface area contributed by atoms with Crippen molar-refractivity contribution in [3.05, 3.63) is 29.3 Å². The maximum absolute atomic E-state index is 9.96. The molecule has 0 radical (unpaired) electrons. The first-order valence-corrected chi connectivity index (χ1v) is 5.81. The van der Waals surface area contributed by atoms with Gasteiger partial charge < -0.3 is 10.4 Å². The van der Waals surface area contributed by atoms with Gasteiger partial charge in [-0.3, -0.25) is 0 Å². The van der Waals surface area contributed by atoms with Crippen LogP contribution in [0.5, 0.6) is 0 Å². The zero-order valence-corrected chi connectivity index (χ0v) is 9.03. The highest BCUT2D eigenvalue weighted by Crippen LogP contribution is 2.43. The summed E-state index contributed by atoms with van der Waals surface area (Å²) >= 11 is 0. The highest BCUT2D eigenvalue weighted by atomic mass is 16.3. The van der Waals surface area contributed by atoms with Crippen LogP contribution in [0.15, 0.2) is 18.2 Å². The first kappa shape index (κ1) is 9.22. The van der Waals surface area contributed by atoms with Crippen LogP contribution in [0.4, 0.5) is 5.69 Å². The van der Waals surface area contributed by atoms with Gasteiger partial charge >= 0.3 is 0 Å². The third-order valence-corrected chi connectivity index (χ3v) is 3.79. The number of benzene rings is 1. The lowest BCUT2D eigenvalue weighted by Crippen LogP contribution is -2.37. The van der Waals surface area contributed by atoms with E-state index in [1.165, 1.54) is 23.2 Å². The summed E-state index contributed by atoms with van der Waals surface area (Å²) in [6.45, 7) is 2.13. The lowest BCUT2D eigenvalue weighted by atomic mass is 9.81. The second-order valence-electron chi connectivity index (χ2n) is 4.87. The molecule has 0 bridgehead atoms. The zero-order valence-electron chi connectivity index (χ0n) is 9.03. The fourth-order valence-corrected chi connectivity index (χ4v) is 3.02. The molecular formula is C13H17NO. The fraction of sp³-hybridized carbons (Fsp3) is 0.538. The van der Waals surface area contributed by atoms with Gasteiger partial charge in [0.1, 0.15) is 0 Å². The highest BCUT2D eigenvalue weighted by molar-refractivity contribution is 5.61. The molecule has 80 valence electrons. The molecule has 0 spiro atoms. The number of hydrogen-bond donors (Lipinski definition) is 2. The summed E-state index contributed by atoms with van der Waals surface area (Å²) < 4.78 is 0. The van der Waals surface area contributed by atoms with Gasteiger partial charge in [0.25, 0.3) is 0 Å². The number of aliphatic hydroxyl groups is 1. The molecule has 2 aliphatic rings. The van der Waals surface area contributed by atoms with Crippen molar-refractivity contribution in [2.75, 3.05) is 5.32 Å². The molecule has 1 aromatic rings. The fourth-order valence-electron chi connectivity index (χ4n) is 3.02. The van der Waals surface area contributed by atoms with E-state index in [0.29, 0.717) is 5.92 Å². The van der Waals surface area contributed by atoms with Crippen LogP contribution in [-0.2, 0) is 0 Å². The van der Waals surface area contributed by atoms with E-state index in [9.17, 15) is 5.11 Å². The molecule has 0 aromatic heterocycles. The Morgan fingerprint density at radius 3 is 3.07 bits per heavy atom. The average molecular weight is 203 g/mol. The van der Waals surface area contributed by atoms with Crippen molar-refractivity contribution in [3.63, 3.8) is 0 Å². The predicted octanol–water partition coefficient (Wildman–Crippen LogP) is 2.42. The molecule has 3 unspecified atom stereocenters. The average Bonchev–Trinajstić information content (AvgIpc) is 2.58. The summed E-state index contributed by atoms with van der Waals surface area (Å²) in [7, 11) is 0. The Kier molecular flexibility index (Phi) is 1.99. The van der Waals surface area contributed by atoms with Crippen molar-refractivity contribution in [2.24, 2.45) is 0 Å². The minimum atomic E-state index is -0.170. The van der Waals surface area contributed by atoms with Crippen molar-refractivity contribution in [1.82, 2.24) is 0 Å². The number of nitrogens with one attached hydrogen (secondary N) is 1. The minimum Gasteiger partial charge on any atom is -0.391 e. The van der Waals surface area contributed by atoms with Crippen molar-refractivity contribution in [2.45, 2.75) is 44.2 Å². The van der Waals surface area contributed by atoms with Gasteiger partial charge in [0.2, 0.25) is 0 Å². The number of fused-ring (bicyclic) bond motifs is 3. The highest BCUT2D eigenvalue weighted by Gasteiger charge is 2.38. The van der Waals surface area contributed by atoms with Gasteiger partial charge in [-0.1, -0.05) is 24.1 Å². The molecule has 3 atom stereocenters. The molecule has 0 amide bonds. The number of rotatable bonds is 0. The van der Waals surface area contributed by atoms with Gasteiger partial charge in [0.05, 0.1) is 12.1 Å². The van der Waals surface area contributed by atoms with Crippen molar-refractivity contribution >= 4 is 5.69 Å². The summed E-state index contributed by atoms with van der Waals surface area (Å²) in [4.78, 5) is 0. The van der Waals surface area contributed by atoms with Crippen LogP contribution >= 0.6 is 0 Å². The zero-order chi connectivity index (χ0) is 10.4. The van der Waals surface area contributed by atoms with Gasteiger partial charge in [-0.25, -0.2) is 0 Å². The summed E-state index contributed by atoms with van der Waals surface area (Å²) in [6.07, 6.45) is 3.14. The topological polar surface area (TPSA) is 32.3 Å². The third-order valence-electron chi connectivity index (χ3n) is 3.79. The molecule has 1 heterocycles. The number of aryl methyl sites for hydroxylation is 1. The minimum absolute atomic E-state index is 0.170. The van der Waals surface area contributed by atoms with Crippen LogP contribution in [0.2, 0.25) is 0 Å². The van der Waals surface area contributed by atoms with E-state index in [0.717, 1.165) is 12.8 Å². The molecule has 2 nitrogen and oxygen atoms in total. The van der Waals surface area contributed by atoms with E-state index in [2.05, 4.69) is 30.4 Å². The molecule has 2 heteroatoms. The van der Waals surface area contributed by atoms with Crippen LogP contribution in [0.1, 0.15) is 36.3 Å². The second kappa shape index (κ2) is 3.24. The van der Waals surface area contributed by atoms with Gasteiger partial charge in [-0.2, -0.15) is 0 Å². The van der Waals surface area contributed by atoms with E-state index in [-0.39, 0.29) is 12.1 Å². The van der Waals surface area contributed by atoms with Crippen LogP contribution in [0.3, 0.4) is 0 Å². The molecule has 1 aromatic carbocycles. The standard InChI is InChI=1S/C13H17NO/c1-8-5-6-11-10(7-8)9-3-2-4-12(15)13(9)14-11/h5-7,9,12-15H,2-4H2,1H3. The number of hydrogen-bond acceptors (Lipinski definition) is 2. The van der Waals surface area contributed by atoms with Gasteiger partial charge in [0.15, 0.2) is 0 Å². The number of aliphatic hydroxyl groups excluding tert-OH is 1. The molecule has 0 saturated heterocycles. The maximum atomic E-state index is 9.96. The SMILES string of the molecule is Cc1ccc2c(c1)C1CCCC(O)C1N2. The maximum Gasteiger partial charge on any atom is 0.0747 e. The van der Waals surface area contributed by atoms with Gasteiger partial charge in [0, 0.05) is 11.6 Å². The van der Waals surface area contributed by atoms with E-state index < -0.39 is 0 Å². The smallest absolute Gasteiger partial charge is 0.0747 e. The molecule has 2 N–H and O–H groups in total. The molecule has 3 rings (SSSR count). The molecule has 1 fully saturated rings. The van der Waals surface area contributed by atoms with Gasteiger partial charge in [-0.05, 0) is 31.4 Å². The first-order valence-electron chi connectivity index (χ1n) is 5.81. The molecule has 1 aliphatic heterocycles. The Morgan fingerprint density at radius 2 is 2.20 bits per heavy atom. The number of anilines is 1. The normalized spacial score (nSPS) is 33.1. The Morgan fingerprint density at radius 1 is 1.33 bits per heavy atom. The van der Waals surface area contributed by atoms with Crippen LogP contribution in [0.25, 0.3) is 0 Å². The van der Waals surface area contributed by atoms with Crippen LogP contribution < -0.4 is 5.32 Å². The molecule has 1 saturated carbocycles. The van der Waals surface area contributed by atoms with Gasteiger partial charge in [-0.15, -0.1) is 0 Å². The van der Waals surface area contributed by atoms with Crippen molar-refractivity contribution in [3.8, 4) is 0 Å². The first-order chi connectivity index (χ1) is 7.25. The third kappa shape index (κ3) is 1.36. The molecule has 15 heavy (non-hydrogen) atoms. The Hall–Kier alpha value is -1.02. The summed E-state index contributed by atoms with van der Waals surface area (Å²) in [5.74, 6) is 0.531. The van der Waals surface area contributed by atoms with Crippen molar-refractivity contribution in [1.29, 1.82) is 0 Å². The lowest BCUT2D eigenvalue weighted by molar-refractivity contribution is 0.109. The Bertz CT molecular complexity index is 388. The molecular weight excluding hydrogens is 186 g/mol. The summed E-state index contributed by atoms with van der Waals surface area (Å²) in [6, 6.07) is 6.81. The Balaban J connectivity index is 2.01. The van der Waals surface area contributed by atoms with Crippen molar-refractivity contribution < 1.29 is 5.11 Å². The largest absolute Gasteiger partial charge is 0.391 e.